The van der Waals surface area contributed by atoms with Crippen molar-refractivity contribution in [1.29, 1.82) is 0 Å². The van der Waals surface area contributed by atoms with E-state index >= 15 is 0 Å². The van der Waals surface area contributed by atoms with E-state index in [0.717, 1.165) is 42.9 Å². The number of ether oxygens (including phenoxy) is 2. The highest BCUT2D eigenvalue weighted by atomic mass is 32.2. The lowest BCUT2D eigenvalue weighted by atomic mass is 10.0. The number of nitrogens with two attached hydrogens (primary N) is 1. The van der Waals surface area contributed by atoms with Gasteiger partial charge in [0.2, 0.25) is 10.0 Å². The third kappa shape index (κ3) is 3.71. The van der Waals surface area contributed by atoms with Gasteiger partial charge in [0.15, 0.2) is 0 Å². The Morgan fingerprint density at radius 1 is 1.25 bits per heavy atom. The highest BCUT2D eigenvalue weighted by Gasteiger charge is 2.17. The van der Waals surface area contributed by atoms with Gasteiger partial charge in [-0.2, -0.15) is 0 Å². The minimum atomic E-state index is -3.67. The topological polar surface area (TPSA) is 78.6 Å². The number of benzene rings is 1. The van der Waals surface area contributed by atoms with E-state index in [1.165, 1.54) is 0 Å². The fourth-order valence-electron chi connectivity index (χ4n) is 2.42. The Morgan fingerprint density at radius 3 is 2.30 bits per heavy atom. The molecule has 1 aromatic carbocycles. The number of aryl methyl sites for hydroxylation is 2. The molecule has 0 amide bonds. The van der Waals surface area contributed by atoms with Crippen LogP contribution >= 0.6 is 0 Å². The SMILES string of the molecule is Cc1cc(S(N)(=O)=O)cc(C)c1OCC1CCOCC1. The minimum Gasteiger partial charge on any atom is -0.493 e. The molecule has 1 aromatic rings. The first-order valence-corrected chi connectivity index (χ1v) is 8.27. The number of rotatable bonds is 4. The van der Waals surface area contributed by atoms with Gasteiger partial charge in [-0.1, -0.05) is 0 Å². The number of sulfonamides is 1. The van der Waals surface area contributed by atoms with Crippen LogP contribution < -0.4 is 9.88 Å². The highest BCUT2D eigenvalue weighted by molar-refractivity contribution is 7.89. The summed E-state index contributed by atoms with van der Waals surface area (Å²) in [6.45, 7) is 5.88. The third-order valence-electron chi connectivity index (χ3n) is 3.57. The van der Waals surface area contributed by atoms with Crippen molar-refractivity contribution in [2.45, 2.75) is 31.6 Å². The van der Waals surface area contributed by atoms with E-state index < -0.39 is 10.0 Å². The molecule has 1 fully saturated rings. The quantitative estimate of drug-likeness (QED) is 0.918. The van der Waals surface area contributed by atoms with E-state index in [0.29, 0.717) is 12.5 Å². The predicted molar refractivity (Wildman–Crippen MR) is 76.3 cm³/mol. The number of primary sulfonamides is 1. The molecule has 1 aliphatic heterocycles. The van der Waals surface area contributed by atoms with Crippen LogP contribution in [0.15, 0.2) is 17.0 Å². The molecule has 0 aromatic heterocycles. The van der Waals surface area contributed by atoms with Crippen molar-refractivity contribution in [1.82, 2.24) is 0 Å². The zero-order valence-electron chi connectivity index (χ0n) is 11.9. The smallest absolute Gasteiger partial charge is 0.238 e. The Labute approximate surface area is 120 Å². The van der Waals surface area contributed by atoms with Crippen molar-refractivity contribution in [3.8, 4) is 5.75 Å². The Balaban J connectivity index is 2.12. The molecule has 0 radical (unpaired) electrons. The summed E-state index contributed by atoms with van der Waals surface area (Å²) in [6.07, 6.45) is 2.01. The Hall–Kier alpha value is -1.11. The van der Waals surface area contributed by atoms with Crippen LogP contribution in [0.25, 0.3) is 0 Å². The van der Waals surface area contributed by atoms with Crippen LogP contribution in [0.4, 0.5) is 0 Å². The average Bonchev–Trinajstić information content (AvgIpc) is 2.37. The zero-order chi connectivity index (χ0) is 14.8. The Morgan fingerprint density at radius 2 is 1.80 bits per heavy atom. The molecule has 0 spiro atoms. The van der Waals surface area contributed by atoms with Gasteiger partial charge >= 0.3 is 0 Å². The van der Waals surface area contributed by atoms with Gasteiger partial charge in [0.1, 0.15) is 5.75 Å². The molecular formula is C14H21NO4S. The van der Waals surface area contributed by atoms with Crippen LogP contribution in [0, 0.1) is 19.8 Å². The summed E-state index contributed by atoms with van der Waals surface area (Å²) in [6, 6.07) is 3.11. The summed E-state index contributed by atoms with van der Waals surface area (Å²) in [7, 11) is -3.67. The molecule has 0 atom stereocenters. The molecule has 0 aliphatic carbocycles. The zero-order valence-corrected chi connectivity index (χ0v) is 12.7. The fraction of sp³-hybridized carbons (Fsp3) is 0.571. The summed E-state index contributed by atoms with van der Waals surface area (Å²) in [5.41, 5.74) is 1.59. The molecule has 112 valence electrons. The highest BCUT2D eigenvalue weighted by Crippen LogP contribution is 2.27. The monoisotopic (exact) mass is 299 g/mol. The minimum absolute atomic E-state index is 0.130. The van der Waals surface area contributed by atoms with Crippen LogP contribution in [0.2, 0.25) is 0 Å². The third-order valence-corrected chi connectivity index (χ3v) is 4.46. The van der Waals surface area contributed by atoms with Gasteiger partial charge in [-0.3, -0.25) is 0 Å². The molecular weight excluding hydrogens is 278 g/mol. The van der Waals surface area contributed by atoms with E-state index in [2.05, 4.69) is 0 Å². The van der Waals surface area contributed by atoms with Gasteiger partial charge in [0, 0.05) is 13.2 Å². The molecule has 5 nitrogen and oxygen atoms in total. The van der Waals surface area contributed by atoms with Crippen LogP contribution in [0.3, 0.4) is 0 Å². The van der Waals surface area contributed by atoms with E-state index in [-0.39, 0.29) is 4.90 Å². The maximum absolute atomic E-state index is 11.4. The molecule has 1 heterocycles. The van der Waals surface area contributed by atoms with Crippen LogP contribution in [-0.2, 0) is 14.8 Å². The van der Waals surface area contributed by atoms with Gasteiger partial charge in [0.25, 0.3) is 0 Å². The van der Waals surface area contributed by atoms with E-state index in [1.807, 2.05) is 13.8 Å². The fourth-order valence-corrected chi connectivity index (χ4v) is 3.10. The molecule has 0 saturated carbocycles. The normalized spacial score (nSPS) is 17.1. The summed E-state index contributed by atoms with van der Waals surface area (Å²) in [5.74, 6) is 1.25. The van der Waals surface area contributed by atoms with Crippen molar-refractivity contribution in [3.63, 3.8) is 0 Å². The lowest BCUT2D eigenvalue weighted by molar-refractivity contribution is 0.0495. The standard InChI is InChI=1S/C14H21NO4S/c1-10-7-13(20(15,16)17)8-11(2)14(10)19-9-12-3-5-18-6-4-12/h7-8,12H,3-6,9H2,1-2H3,(H2,15,16,17). The number of hydrogen-bond acceptors (Lipinski definition) is 4. The molecule has 2 N–H and O–H groups in total. The van der Waals surface area contributed by atoms with Crippen LogP contribution in [-0.4, -0.2) is 28.2 Å². The summed E-state index contributed by atoms with van der Waals surface area (Å²) in [4.78, 5) is 0.130. The number of hydrogen-bond donors (Lipinski definition) is 1. The van der Waals surface area contributed by atoms with Crippen LogP contribution in [0.1, 0.15) is 24.0 Å². The lowest BCUT2D eigenvalue weighted by Crippen LogP contribution is -2.22. The van der Waals surface area contributed by atoms with Crippen molar-refractivity contribution in [2.24, 2.45) is 11.1 Å². The Kier molecular flexibility index (Phi) is 4.67. The molecule has 1 aliphatic rings. The molecule has 6 heteroatoms. The maximum Gasteiger partial charge on any atom is 0.238 e. The van der Waals surface area contributed by atoms with Crippen molar-refractivity contribution in [2.75, 3.05) is 19.8 Å². The first-order valence-electron chi connectivity index (χ1n) is 6.72. The maximum atomic E-state index is 11.4. The van der Waals surface area contributed by atoms with Gasteiger partial charge in [-0.05, 0) is 55.9 Å². The van der Waals surface area contributed by atoms with E-state index in [1.54, 1.807) is 12.1 Å². The van der Waals surface area contributed by atoms with Gasteiger partial charge < -0.3 is 9.47 Å². The van der Waals surface area contributed by atoms with Gasteiger partial charge in [0.05, 0.1) is 11.5 Å². The largest absolute Gasteiger partial charge is 0.493 e. The van der Waals surface area contributed by atoms with Gasteiger partial charge in [-0.25, -0.2) is 13.6 Å². The molecule has 20 heavy (non-hydrogen) atoms. The second kappa shape index (κ2) is 6.11. The van der Waals surface area contributed by atoms with E-state index in [4.69, 9.17) is 14.6 Å². The predicted octanol–water partition coefficient (Wildman–Crippen LogP) is 1.76. The summed E-state index contributed by atoms with van der Waals surface area (Å²) < 4.78 is 34.0. The van der Waals surface area contributed by atoms with E-state index in [9.17, 15) is 8.42 Å². The summed E-state index contributed by atoms with van der Waals surface area (Å²) >= 11 is 0. The lowest BCUT2D eigenvalue weighted by Gasteiger charge is -2.23. The van der Waals surface area contributed by atoms with Crippen molar-refractivity contribution < 1.29 is 17.9 Å². The van der Waals surface area contributed by atoms with Gasteiger partial charge in [-0.15, -0.1) is 0 Å². The molecule has 0 unspecified atom stereocenters. The Bertz CT molecular complexity index is 554. The first kappa shape index (κ1) is 15.3. The second-order valence-corrected chi connectivity index (χ2v) is 6.86. The molecule has 2 rings (SSSR count). The summed E-state index contributed by atoms with van der Waals surface area (Å²) in [5, 5.41) is 5.15. The average molecular weight is 299 g/mol. The van der Waals surface area contributed by atoms with Crippen molar-refractivity contribution in [3.05, 3.63) is 23.3 Å². The molecule has 1 saturated heterocycles. The van der Waals surface area contributed by atoms with Crippen LogP contribution in [0.5, 0.6) is 5.75 Å². The molecule has 0 bridgehead atoms. The van der Waals surface area contributed by atoms with Crippen molar-refractivity contribution >= 4 is 10.0 Å². The second-order valence-electron chi connectivity index (χ2n) is 5.30. The first-order chi connectivity index (χ1) is 9.38.